The van der Waals surface area contributed by atoms with Crippen LogP contribution in [0.5, 0.6) is 0 Å². The summed E-state index contributed by atoms with van der Waals surface area (Å²) in [5, 5.41) is 9.99. The smallest absolute Gasteiger partial charge is 0.221 e. The Kier molecular flexibility index (Phi) is 4.73. The van der Waals surface area contributed by atoms with Crippen molar-refractivity contribution in [2.75, 3.05) is 5.32 Å². The highest BCUT2D eigenvalue weighted by Crippen LogP contribution is 2.34. The van der Waals surface area contributed by atoms with Crippen molar-refractivity contribution in [3.8, 4) is 33.9 Å². The van der Waals surface area contributed by atoms with Crippen molar-refractivity contribution in [1.82, 2.24) is 40.1 Å². The molecule has 0 bridgehead atoms. The van der Waals surface area contributed by atoms with E-state index in [9.17, 15) is 4.79 Å². The molecule has 0 radical (unpaired) electrons. The molecule has 0 spiro atoms. The van der Waals surface area contributed by atoms with Gasteiger partial charge in [0.05, 0.1) is 34.5 Å². The second kappa shape index (κ2) is 8.06. The Morgan fingerprint density at radius 3 is 2.66 bits per heavy atom. The molecule has 0 fully saturated rings. The number of nitrogens with one attached hydrogen (secondary N) is 3. The van der Waals surface area contributed by atoms with E-state index in [2.05, 4.69) is 45.4 Å². The maximum absolute atomic E-state index is 15.8. The van der Waals surface area contributed by atoms with Crippen LogP contribution in [0.3, 0.4) is 0 Å². The molecule has 0 atom stereocenters. The van der Waals surface area contributed by atoms with Crippen molar-refractivity contribution in [2.24, 2.45) is 0 Å². The van der Waals surface area contributed by atoms with E-state index >= 15 is 4.39 Å². The number of amides is 1. The van der Waals surface area contributed by atoms with E-state index in [1.165, 1.54) is 25.5 Å². The molecular weight excluding hydrogens is 449 g/mol. The Balaban J connectivity index is 1.50. The van der Waals surface area contributed by atoms with Crippen LogP contribution in [-0.2, 0) is 4.79 Å². The first-order valence-electron chi connectivity index (χ1n) is 10.6. The molecule has 11 heteroatoms. The number of fused-ring (bicyclic) bond motifs is 2. The summed E-state index contributed by atoms with van der Waals surface area (Å²) in [7, 11) is 0. The van der Waals surface area contributed by atoms with Crippen molar-refractivity contribution in [3.63, 3.8) is 0 Å². The zero-order chi connectivity index (χ0) is 23.9. The lowest BCUT2D eigenvalue weighted by Gasteiger charge is -2.06. The third kappa shape index (κ3) is 3.55. The van der Waals surface area contributed by atoms with E-state index in [0.717, 1.165) is 11.1 Å². The minimum Gasteiger partial charge on any atom is -0.335 e. The molecule has 35 heavy (non-hydrogen) atoms. The molecule has 6 rings (SSSR count). The van der Waals surface area contributed by atoms with Crippen molar-refractivity contribution >= 4 is 33.7 Å². The van der Waals surface area contributed by atoms with Crippen LogP contribution in [0, 0.1) is 5.82 Å². The molecule has 0 unspecified atom stereocenters. The first-order valence-corrected chi connectivity index (χ1v) is 10.6. The Labute approximate surface area is 196 Å². The number of aromatic nitrogens is 8. The summed E-state index contributed by atoms with van der Waals surface area (Å²) in [4.78, 5) is 36.0. The minimum atomic E-state index is -0.587. The van der Waals surface area contributed by atoms with Crippen molar-refractivity contribution in [3.05, 3.63) is 67.3 Å². The van der Waals surface area contributed by atoms with E-state index in [1.807, 2.05) is 18.2 Å². The van der Waals surface area contributed by atoms with E-state index in [-0.39, 0.29) is 17.0 Å². The van der Waals surface area contributed by atoms with Gasteiger partial charge in [-0.25, -0.2) is 14.4 Å². The topological polar surface area (TPSA) is 138 Å². The van der Waals surface area contributed by atoms with Crippen LogP contribution in [0.4, 0.5) is 10.1 Å². The average molecular weight is 465 g/mol. The Morgan fingerprint density at radius 2 is 1.83 bits per heavy atom. The zero-order valence-electron chi connectivity index (χ0n) is 18.2. The largest absolute Gasteiger partial charge is 0.335 e. The summed E-state index contributed by atoms with van der Waals surface area (Å²) in [5.41, 5.74) is 4.65. The normalized spacial score (nSPS) is 11.3. The van der Waals surface area contributed by atoms with Gasteiger partial charge in [-0.2, -0.15) is 5.10 Å². The molecule has 170 valence electrons. The fraction of sp³-hybridized carbons (Fsp3) is 0.0417. The van der Waals surface area contributed by atoms with E-state index in [1.54, 1.807) is 24.7 Å². The van der Waals surface area contributed by atoms with Gasteiger partial charge in [-0.15, -0.1) is 0 Å². The Hall–Kier alpha value is -5.06. The van der Waals surface area contributed by atoms with Crippen LogP contribution in [0.2, 0.25) is 0 Å². The van der Waals surface area contributed by atoms with Crippen LogP contribution in [0.1, 0.15) is 6.92 Å². The first kappa shape index (κ1) is 20.5. The monoisotopic (exact) mass is 465 g/mol. The maximum Gasteiger partial charge on any atom is 0.221 e. The molecule has 6 aromatic rings. The molecule has 10 nitrogen and oxygen atoms in total. The van der Waals surface area contributed by atoms with Gasteiger partial charge in [0.25, 0.3) is 0 Å². The summed E-state index contributed by atoms with van der Waals surface area (Å²) in [6.07, 6.45) is 9.54. The standard InChI is InChI=1S/C24H16FN9O/c1-12(35)30-15-8-14(9-27-10-15)20-19(25)18-17(11-29-20)33-34-22(18)24-31-21-16(4-7-28-23(21)32-24)13-2-5-26-6-3-13/h2-11H,1H3,(H,30,35)(H,33,34)(H,28,31,32). The SMILES string of the molecule is CC(=O)Nc1cncc(-c2ncc3[nH]nc(-c4nc5nccc(-c6ccncc6)c5[nH]4)c3c2F)c1. The number of rotatable bonds is 4. The fourth-order valence-corrected chi connectivity index (χ4v) is 3.98. The summed E-state index contributed by atoms with van der Waals surface area (Å²) >= 11 is 0. The predicted octanol–water partition coefficient (Wildman–Crippen LogP) is 4.12. The quantitative estimate of drug-likeness (QED) is 0.356. The number of carbonyl (C=O) groups is 1. The molecule has 6 aromatic heterocycles. The number of pyridine rings is 4. The number of hydrogen-bond donors (Lipinski definition) is 3. The number of nitrogens with zero attached hydrogens (tertiary/aromatic N) is 6. The van der Waals surface area contributed by atoms with Gasteiger partial charge in [0.1, 0.15) is 11.4 Å². The molecular formula is C24H16FN9O. The number of hydrogen-bond acceptors (Lipinski definition) is 7. The number of halogens is 1. The van der Waals surface area contributed by atoms with Gasteiger partial charge >= 0.3 is 0 Å². The number of anilines is 1. The van der Waals surface area contributed by atoms with Crippen LogP contribution >= 0.6 is 0 Å². The molecule has 6 heterocycles. The van der Waals surface area contributed by atoms with Gasteiger partial charge in [0.15, 0.2) is 17.3 Å². The van der Waals surface area contributed by atoms with Crippen LogP contribution in [0.15, 0.2) is 61.4 Å². The fourth-order valence-electron chi connectivity index (χ4n) is 3.98. The van der Waals surface area contributed by atoms with E-state index < -0.39 is 5.82 Å². The molecule has 1 amide bonds. The van der Waals surface area contributed by atoms with Gasteiger partial charge in [-0.1, -0.05) is 0 Å². The van der Waals surface area contributed by atoms with Crippen molar-refractivity contribution < 1.29 is 9.18 Å². The van der Waals surface area contributed by atoms with Crippen molar-refractivity contribution in [1.29, 1.82) is 0 Å². The molecule has 0 saturated carbocycles. The second-order valence-electron chi connectivity index (χ2n) is 7.80. The molecule has 0 aliphatic rings. The Morgan fingerprint density at radius 1 is 0.971 bits per heavy atom. The first-order chi connectivity index (χ1) is 17.1. The second-order valence-corrected chi connectivity index (χ2v) is 7.80. The van der Waals surface area contributed by atoms with Gasteiger partial charge in [0.2, 0.25) is 5.91 Å². The number of imidazole rings is 1. The molecule has 0 aliphatic carbocycles. The number of carbonyl (C=O) groups excluding carboxylic acids is 1. The lowest BCUT2D eigenvalue weighted by molar-refractivity contribution is -0.114. The van der Waals surface area contributed by atoms with Crippen LogP contribution in [-0.4, -0.2) is 46.0 Å². The summed E-state index contributed by atoms with van der Waals surface area (Å²) in [5.74, 6) is -0.480. The molecule has 0 aliphatic heterocycles. The molecule has 0 aromatic carbocycles. The zero-order valence-corrected chi connectivity index (χ0v) is 18.2. The highest BCUT2D eigenvalue weighted by atomic mass is 19.1. The maximum atomic E-state index is 15.8. The predicted molar refractivity (Wildman–Crippen MR) is 127 cm³/mol. The number of aromatic amines is 2. The lowest BCUT2D eigenvalue weighted by Crippen LogP contribution is -2.06. The highest BCUT2D eigenvalue weighted by Gasteiger charge is 2.21. The lowest BCUT2D eigenvalue weighted by atomic mass is 10.1. The third-order valence-corrected chi connectivity index (χ3v) is 5.48. The summed E-state index contributed by atoms with van der Waals surface area (Å²) in [6, 6.07) is 7.26. The van der Waals surface area contributed by atoms with Crippen LogP contribution < -0.4 is 5.32 Å². The van der Waals surface area contributed by atoms with Gasteiger partial charge in [-0.05, 0) is 29.8 Å². The number of H-pyrrole nitrogens is 2. The minimum absolute atomic E-state index is 0.0755. The molecule has 3 N–H and O–H groups in total. The van der Waals surface area contributed by atoms with Gasteiger partial charge < -0.3 is 10.3 Å². The molecule has 0 saturated heterocycles. The highest BCUT2D eigenvalue weighted by molar-refractivity contribution is 5.97. The van der Waals surface area contributed by atoms with E-state index in [4.69, 9.17) is 0 Å². The summed E-state index contributed by atoms with van der Waals surface area (Å²) < 4.78 is 15.8. The average Bonchev–Trinajstić information content (AvgIpc) is 3.49. The van der Waals surface area contributed by atoms with Crippen molar-refractivity contribution in [2.45, 2.75) is 6.92 Å². The van der Waals surface area contributed by atoms with E-state index in [0.29, 0.717) is 39.4 Å². The van der Waals surface area contributed by atoms with Gasteiger partial charge in [-0.3, -0.25) is 24.8 Å². The third-order valence-electron chi connectivity index (χ3n) is 5.48. The summed E-state index contributed by atoms with van der Waals surface area (Å²) in [6.45, 7) is 1.39. The van der Waals surface area contributed by atoms with Crippen LogP contribution in [0.25, 0.3) is 56.0 Å². The Bertz CT molecular complexity index is 1730. The van der Waals surface area contributed by atoms with Gasteiger partial charge in [0, 0.05) is 42.8 Å².